The molecule has 4 nitrogen and oxygen atoms in total. The molecule has 4 heteroatoms. The Bertz CT molecular complexity index is 324. The summed E-state index contributed by atoms with van der Waals surface area (Å²) in [6.07, 6.45) is 0.848. The monoisotopic (exact) mass is 225 g/mol. The predicted octanol–water partition coefficient (Wildman–Crippen LogP) is 1.26. The maximum atomic E-state index is 9.82. The van der Waals surface area contributed by atoms with Gasteiger partial charge in [0.1, 0.15) is 0 Å². The summed E-state index contributed by atoms with van der Waals surface area (Å²) >= 11 is 0. The number of nitrogens with one attached hydrogen (secondary N) is 1. The van der Waals surface area contributed by atoms with Gasteiger partial charge in [-0.05, 0) is 12.5 Å². The van der Waals surface area contributed by atoms with Crippen LogP contribution in [-0.4, -0.2) is 30.0 Å². The van der Waals surface area contributed by atoms with Crippen LogP contribution in [0, 0.1) is 0 Å². The molecular formula is C12H19NO3. The highest BCUT2D eigenvalue weighted by Gasteiger charge is 2.09. The SMILES string of the molecule is CC[C@H](CO)NCc1cccc(OC)c1O. The van der Waals surface area contributed by atoms with E-state index in [-0.39, 0.29) is 18.4 Å². The summed E-state index contributed by atoms with van der Waals surface area (Å²) in [7, 11) is 1.52. The van der Waals surface area contributed by atoms with Crippen LogP contribution in [0.25, 0.3) is 0 Å². The van der Waals surface area contributed by atoms with Crippen LogP contribution in [0.4, 0.5) is 0 Å². The Balaban J connectivity index is 2.66. The molecule has 0 heterocycles. The number of benzene rings is 1. The molecule has 0 saturated heterocycles. The van der Waals surface area contributed by atoms with Crippen LogP contribution in [0.15, 0.2) is 18.2 Å². The Morgan fingerprint density at radius 3 is 2.75 bits per heavy atom. The summed E-state index contributed by atoms with van der Waals surface area (Å²) < 4.78 is 5.02. The minimum absolute atomic E-state index is 0.0607. The van der Waals surface area contributed by atoms with Gasteiger partial charge in [0.15, 0.2) is 11.5 Å². The first-order chi connectivity index (χ1) is 7.72. The van der Waals surface area contributed by atoms with E-state index >= 15 is 0 Å². The molecule has 0 saturated carbocycles. The van der Waals surface area contributed by atoms with Crippen molar-refractivity contribution in [3.05, 3.63) is 23.8 Å². The minimum Gasteiger partial charge on any atom is -0.504 e. The van der Waals surface area contributed by atoms with Crippen LogP contribution in [0.2, 0.25) is 0 Å². The van der Waals surface area contributed by atoms with Gasteiger partial charge in [0.05, 0.1) is 13.7 Å². The Kier molecular flexibility index (Phi) is 5.08. The summed E-state index contributed by atoms with van der Waals surface area (Å²) in [5.41, 5.74) is 0.770. The molecule has 0 aliphatic rings. The molecule has 1 rings (SSSR count). The molecule has 0 aliphatic heterocycles. The molecule has 0 radical (unpaired) electrons. The van der Waals surface area contributed by atoms with Crippen LogP contribution in [0.3, 0.4) is 0 Å². The van der Waals surface area contributed by atoms with E-state index in [0.717, 1.165) is 12.0 Å². The zero-order chi connectivity index (χ0) is 12.0. The third-order valence-electron chi connectivity index (χ3n) is 2.60. The first kappa shape index (κ1) is 12.8. The first-order valence-corrected chi connectivity index (χ1v) is 5.42. The van der Waals surface area contributed by atoms with Gasteiger partial charge >= 0.3 is 0 Å². The quantitative estimate of drug-likeness (QED) is 0.682. The second-order valence-electron chi connectivity index (χ2n) is 3.64. The highest BCUT2D eigenvalue weighted by Crippen LogP contribution is 2.29. The molecule has 1 aromatic rings. The second kappa shape index (κ2) is 6.35. The fourth-order valence-corrected chi connectivity index (χ4v) is 1.47. The van der Waals surface area contributed by atoms with Gasteiger partial charge in [-0.25, -0.2) is 0 Å². The molecule has 90 valence electrons. The highest BCUT2D eigenvalue weighted by molar-refractivity contribution is 5.45. The van der Waals surface area contributed by atoms with Gasteiger partial charge in [0, 0.05) is 18.2 Å². The van der Waals surface area contributed by atoms with Crippen molar-refractivity contribution in [2.24, 2.45) is 0 Å². The van der Waals surface area contributed by atoms with Crippen molar-refractivity contribution in [1.29, 1.82) is 0 Å². The van der Waals surface area contributed by atoms with Crippen molar-refractivity contribution in [2.75, 3.05) is 13.7 Å². The fourth-order valence-electron chi connectivity index (χ4n) is 1.47. The number of aliphatic hydroxyl groups is 1. The fraction of sp³-hybridized carbons (Fsp3) is 0.500. The topological polar surface area (TPSA) is 61.7 Å². The molecule has 3 N–H and O–H groups in total. The molecule has 0 aliphatic carbocycles. The van der Waals surface area contributed by atoms with Gasteiger partial charge < -0.3 is 20.3 Å². The van der Waals surface area contributed by atoms with E-state index in [4.69, 9.17) is 9.84 Å². The van der Waals surface area contributed by atoms with Crippen molar-refractivity contribution in [3.63, 3.8) is 0 Å². The Labute approximate surface area is 95.9 Å². The lowest BCUT2D eigenvalue weighted by Gasteiger charge is -2.15. The normalized spacial score (nSPS) is 12.4. The summed E-state index contributed by atoms with van der Waals surface area (Å²) in [5, 5.41) is 22.0. The number of hydrogen-bond acceptors (Lipinski definition) is 4. The largest absolute Gasteiger partial charge is 0.504 e. The van der Waals surface area contributed by atoms with Gasteiger partial charge in [0.25, 0.3) is 0 Å². The molecule has 0 bridgehead atoms. The van der Waals surface area contributed by atoms with Crippen LogP contribution < -0.4 is 10.1 Å². The molecule has 0 amide bonds. The van der Waals surface area contributed by atoms with E-state index in [1.165, 1.54) is 7.11 Å². The molecule has 0 aromatic heterocycles. The predicted molar refractivity (Wildman–Crippen MR) is 62.7 cm³/mol. The number of phenols is 1. The van der Waals surface area contributed by atoms with Gasteiger partial charge in [-0.1, -0.05) is 19.1 Å². The molecule has 1 aromatic carbocycles. The van der Waals surface area contributed by atoms with Crippen molar-refractivity contribution in [3.8, 4) is 11.5 Å². The lowest BCUT2D eigenvalue weighted by molar-refractivity contribution is 0.237. The lowest BCUT2D eigenvalue weighted by Crippen LogP contribution is -2.31. The Morgan fingerprint density at radius 1 is 1.44 bits per heavy atom. The van der Waals surface area contributed by atoms with Crippen LogP contribution in [-0.2, 0) is 6.54 Å². The van der Waals surface area contributed by atoms with Crippen molar-refractivity contribution < 1.29 is 14.9 Å². The molecular weight excluding hydrogens is 206 g/mol. The standard InChI is InChI=1S/C12H19NO3/c1-3-10(8-14)13-7-9-5-4-6-11(16-2)12(9)15/h4-6,10,13-15H,3,7-8H2,1-2H3/t10-/m1/s1. The van der Waals surface area contributed by atoms with Crippen molar-refractivity contribution in [2.45, 2.75) is 25.9 Å². The lowest BCUT2D eigenvalue weighted by atomic mass is 10.1. The highest BCUT2D eigenvalue weighted by atomic mass is 16.5. The number of hydrogen-bond donors (Lipinski definition) is 3. The Morgan fingerprint density at radius 2 is 2.19 bits per heavy atom. The third kappa shape index (κ3) is 3.12. The van der Waals surface area contributed by atoms with Crippen molar-refractivity contribution in [1.82, 2.24) is 5.32 Å². The second-order valence-corrected chi connectivity index (χ2v) is 3.64. The zero-order valence-electron chi connectivity index (χ0n) is 9.73. The number of methoxy groups -OCH3 is 1. The Hall–Kier alpha value is -1.26. The van der Waals surface area contributed by atoms with E-state index in [1.54, 1.807) is 6.07 Å². The smallest absolute Gasteiger partial charge is 0.162 e. The van der Waals surface area contributed by atoms with E-state index < -0.39 is 0 Å². The van der Waals surface area contributed by atoms with Crippen LogP contribution >= 0.6 is 0 Å². The average molecular weight is 225 g/mol. The van der Waals surface area contributed by atoms with Gasteiger partial charge in [-0.15, -0.1) is 0 Å². The van der Waals surface area contributed by atoms with Gasteiger partial charge in [0.2, 0.25) is 0 Å². The maximum Gasteiger partial charge on any atom is 0.162 e. The summed E-state index contributed by atoms with van der Waals surface area (Å²) in [4.78, 5) is 0. The van der Waals surface area contributed by atoms with E-state index in [9.17, 15) is 5.11 Å². The third-order valence-corrected chi connectivity index (χ3v) is 2.60. The number of para-hydroxylation sites is 1. The summed E-state index contributed by atoms with van der Waals surface area (Å²) in [5.74, 6) is 0.627. The average Bonchev–Trinajstić information content (AvgIpc) is 2.32. The molecule has 16 heavy (non-hydrogen) atoms. The molecule has 1 atom stereocenters. The van der Waals surface area contributed by atoms with Crippen LogP contribution in [0.5, 0.6) is 11.5 Å². The summed E-state index contributed by atoms with van der Waals surface area (Å²) in [6, 6.07) is 5.43. The van der Waals surface area contributed by atoms with E-state index in [1.807, 2.05) is 19.1 Å². The van der Waals surface area contributed by atoms with E-state index in [0.29, 0.717) is 12.3 Å². The first-order valence-electron chi connectivity index (χ1n) is 5.42. The number of aromatic hydroxyl groups is 1. The van der Waals surface area contributed by atoms with Gasteiger partial charge in [-0.3, -0.25) is 0 Å². The number of ether oxygens (including phenoxy) is 1. The number of rotatable bonds is 6. The van der Waals surface area contributed by atoms with E-state index in [2.05, 4.69) is 5.32 Å². The summed E-state index contributed by atoms with van der Waals surface area (Å²) in [6.45, 7) is 2.61. The van der Waals surface area contributed by atoms with Crippen LogP contribution in [0.1, 0.15) is 18.9 Å². The number of phenolic OH excluding ortho intramolecular Hbond substituents is 1. The van der Waals surface area contributed by atoms with Gasteiger partial charge in [-0.2, -0.15) is 0 Å². The van der Waals surface area contributed by atoms with Crippen molar-refractivity contribution >= 4 is 0 Å². The maximum absolute atomic E-state index is 9.82. The molecule has 0 spiro atoms. The molecule has 0 fully saturated rings. The molecule has 0 unspecified atom stereocenters. The minimum atomic E-state index is 0.0607. The number of aliphatic hydroxyl groups excluding tert-OH is 1. The zero-order valence-corrected chi connectivity index (χ0v) is 9.73.